The van der Waals surface area contributed by atoms with E-state index in [1.165, 1.54) is 18.2 Å². The molecular formula is C15H22N2O4. The highest BCUT2D eigenvalue weighted by Crippen LogP contribution is 2.26. The van der Waals surface area contributed by atoms with Crippen LogP contribution in [0.1, 0.15) is 27.7 Å². The lowest BCUT2D eigenvalue weighted by Crippen LogP contribution is -2.39. The number of para-hydroxylation sites is 2. The third kappa shape index (κ3) is 5.41. The predicted molar refractivity (Wildman–Crippen MR) is 80.4 cm³/mol. The Balaban J connectivity index is 2.88. The van der Waals surface area contributed by atoms with E-state index in [1.807, 2.05) is 27.7 Å². The minimum Gasteiger partial charge on any atom is -0.403 e. The number of rotatable bonds is 6. The Morgan fingerprint density at radius 2 is 1.71 bits per heavy atom. The number of nitro benzene ring substituents is 1. The summed E-state index contributed by atoms with van der Waals surface area (Å²) >= 11 is 0. The van der Waals surface area contributed by atoms with Gasteiger partial charge in [-0.05, 0) is 17.9 Å². The molecule has 0 N–H and O–H groups in total. The lowest BCUT2D eigenvalue weighted by Gasteiger charge is -2.25. The number of nitrogens with zero attached hydrogens (tertiary/aromatic N) is 2. The molecule has 0 unspecified atom stereocenters. The van der Waals surface area contributed by atoms with E-state index in [2.05, 4.69) is 0 Å². The van der Waals surface area contributed by atoms with Crippen LogP contribution in [0.3, 0.4) is 0 Å². The molecule has 6 nitrogen and oxygen atoms in total. The monoisotopic (exact) mass is 294 g/mol. The first-order valence-corrected chi connectivity index (χ1v) is 7.01. The first kappa shape index (κ1) is 16.9. The van der Waals surface area contributed by atoms with Crippen LogP contribution in [0.15, 0.2) is 24.3 Å². The van der Waals surface area contributed by atoms with Crippen LogP contribution in [-0.4, -0.2) is 29.0 Å². The summed E-state index contributed by atoms with van der Waals surface area (Å²) in [4.78, 5) is 24.2. The molecule has 0 saturated heterocycles. The second-order valence-corrected chi connectivity index (χ2v) is 5.79. The van der Waals surface area contributed by atoms with E-state index < -0.39 is 11.0 Å². The van der Waals surface area contributed by atoms with E-state index in [1.54, 1.807) is 11.0 Å². The lowest BCUT2D eigenvalue weighted by molar-refractivity contribution is -0.385. The molecule has 1 rings (SSSR count). The minimum absolute atomic E-state index is 0.0231. The van der Waals surface area contributed by atoms with E-state index in [-0.39, 0.29) is 11.4 Å². The normalized spacial score (nSPS) is 10.8. The molecule has 116 valence electrons. The van der Waals surface area contributed by atoms with Crippen molar-refractivity contribution in [1.82, 2.24) is 4.90 Å². The van der Waals surface area contributed by atoms with Crippen molar-refractivity contribution in [1.29, 1.82) is 0 Å². The van der Waals surface area contributed by atoms with Crippen LogP contribution < -0.4 is 4.74 Å². The quantitative estimate of drug-likeness (QED) is 0.592. The molecule has 0 aliphatic carbocycles. The van der Waals surface area contributed by atoms with Crippen molar-refractivity contribution in [2.45, 2.75) is 27.7 Å². The Morgan fingerprint density at radius 1 is 1.19 bits per heavy atom. The zero-order valence-corrected chi connectivity index (χ0v) is 12.9. The van der Waals surface area contributed by atoms with Crippen LogP contribution in [-0.2, 0) is 0 Å². The molecule has 1 amide bonds. The van der Waals surface area contributed by atoms with Gasteiger partial charge in [0.25, 0.3) is 0 Å². The highest BCUT2D eigenvalue weighted by atomic mass is 16.6. The Morgan fingerprint density at radius 3 is 2.19 bits per heavy atom. The average molecular weight is 294 g/mol. The van der Waals surface area contributed by atoms with E-state index in [4.69, 9.17) is 4.74 Å². The largest absolute Gasteiger partial charge is 0.415 e. The molecule has 0 radical (unpaired) electrons. The SMILES string of the molecule is CC(C)CN(CC(C)C)C(=O)Oc1ccccc1[N+](=O)[O-]. The molecule has 0 aliphatic rings. The van der Waals surface area contributed by atoms with Crippen molar-refractivity contribution in [2.75, 3.05) is 13.1 Å². The number of carbonyl (C=O) groups excluding carboxylic acids is 1. The number of hydrogen-bond donors (Lipinski definition) is 0. The number of carbonyl (C=O) groups is 1. The second-order valence-electron chi connectivity index (χ2n) is 5.79. The zero-order chi connectivity index (χ0) is 16.0. The summed E-state index contributed by atoms with van der Waals surface area (Å²) in [5, 5.41) is 10.9. The van der Waals surface area contributed by atoms with Crippen LogP contribution in [0, 0.1) is 22.0 Å². The van der Waals surface area contributed by atoms with Crippen LogP contribution in [0.5, 0.6) is 5.75 Å². The third-order valence-corrected chi connectivity index (χ3v) is 2.69. The van der Waals surface area contributed by atoms with Gasteiger partial charge in [0.1, 0.15) is 0 Å². The van der Waals surface area contributed by atoms with Gasteiger partial charge in [-0.2, -0.15) is 0 Å². The first-order chi connectivity index (χ1) is 9.81. The number of benzene rings is 1. The van der Waals surface area contributed by atoms with Gasteiger partial charge in [-0.3, -0.25) is 10.1 Å². The third-order valence-electron chi connectivity index (χ3n) is 2.69. The van der Waals surface area contributed by atoms with E-state index in [0.29, 0.717) is 24.9 Å². The highest BCUT2D eigenvalue weighted by Gasteiger charge is 2.22. The maximum absolute atomic E-state index is 12.2. The zero-order valence-electron chi connectivity index (χ0n) is 12.9. The first-order valence-electron chi connectivity index (χ1n) is 7.01. The smallest absolute Gasteiger partial charge is 0.403 e. The molecule has 0 aromatic heterocycles. The van der Waals surface area contributed by atoms with Gasteiger partial charge in [0, 0.05) is 19.2 Å². The van der Waals surface area contributed by atoms with Gasteiger partial charge < -0.3 is 9.64 Å². The van der Waals surface area contributed by atoms with Crippen LogP contribution in [0.2, 0.25) is 0 Å². The van der Waals surface area contributed by atoms with Crippen molar-refractivity contribution in [2.24, 2.45) is 11.8 Å². The van der Waals surface area contributed by atoms with E-state index >= 15 is 0 Å². The number of nitro groups is 1. The molecule has 0 atom stereocenters. The summed E-state index contributed by atoms with van der Waals surface area (Å²) < 4.78 is 5.22. The Labute approximate surface area is 124 Å². The summed E-state index contributed by atoms with van der Waals surface area (Å²) in [6.07, 6.45) is -0.549. The minimum atomic E-state index is -0.558. The van der Waals surface area contributed by atoms with Crippen molar-refractivity contribution in [3.8, 4) is 5.75 Å². The molecule has 0 heterocycles. The summed E-state index contributed by atoms with van der Waals surface area (Å²) in [6, 6.07) is 5.89. The molecule has 6 heteroatoms. The van der Waals surface area contributed by atoms with E-state index in [9.17, 15) is 14.9 Å². The predicted octanol–water partition coefficient (Wildman–Crippen LogP) is 3.71. The fourth-order valence-corrected chi connectivity index (χ4v) is 1.96. The molecule has 0 saturated carbocycles. The van der Waals surface area contributed by atoms with Crippen LogP contribution in [0.25, 0.3) is 0 Å². The molecule has 1 aromatic rings. The highest BCUT2D eigenvalue weighted by molar-refractivity contribution is 5.72. The van der Waals surface area contributed by atoms with Gasteiger partial charge in [-0.25, -0.2) is 4.79 Å². The lowest BCUT2D eigenvalue weighted by atomic mass is 10.1. The molecule has 21 heavy (non-hydrogen) atoms. The average Bonchev–Trinajstić information content (AvgIpc) is 2.37. The van der Waals surface area contributed by atoms with Crippen molar-refractivity contribution in [3.05, 3.63) is 34.4 Å². The van der Waals surface area contributed by atoms with Crippen LogP contribution in [0.4, 0.5) is 10.5 Å². The number of amides is 1. The summed E-state index contributed by atoms with van der Waals surface area (Å²) in [5.41, 5.74) is -0.208. The second kappa shape index (κ2) is 7.61. The van der Waals surface area contributed by atoms with E-state index in [0.717, 1.165) is 0 Å². The molecule has 0 fully saturated rings. The Kier molecular flexibility index (Phi) is 6.14. The summed E-state index contributed by atoms with van der Waals surface area (Å²) in [5.74, 6) is 0.564. The van der Waals surface area contributed by atoms with Gasteiger partial charge in [0.05, 0.1) is 4.92 Å². The molecule has 0 bridgehead atoms. The standard InChI is InChI=1S/C15H22N2O4/c1-11(2)9-16(10-12(3)4)15(18)21-14-8-6-5-7-13(14)17(19)20/h5-8,11-12H,9-10H2,1-4H3. The van der Waals surface area contributed by atoms with Gasteiger partial charge >= 0.3 is 11.8 Å². The van der Waals surface area contributed by atoms with Crippen LogP contribution >= 0.6 is 0 Å². The number of ether oxygens (including phenoxy) is 1. The van der Waals surface area contributed by atoms with Crippen molar-refractivity contribution >= 4 is 11.8 Å². The summed E-state index contributed by atoms with van der Waals surface area (Å²) in [6.45, 7) is 9.13. The fourth-order valence-electron chi connectivity index (χ4n) is 1.96. The topological polar surface area (TPSA) is 72.7 Å². The van der Waals surface area contributed by atoms with Gasteiger partial charge in [0.2, 0.25) is 5.75 Å². The molecule has 0 spiro atoms. The van der Waals surface area contributed by atoms with Gasteiger partial charge in [0.15, 0.2) is 0 Å². The fraction of sp³-hybridized carbons (Fsp3) is 0.533. The van der Waals surface area contributed by atoms with Gasteiger partial charge in [-0.1, -0.05) is 39.8 Å². The van der Waals surface area contributed by atoms with Crippen molar-refractivity contribution in [3.63, 3.8) is 0 Å². The number of hydrogen-bond acceptors (Lipinski definition) is 4. The molecule has 0 aliphatic heterocycles. The molecule has 1 aromatic carbocycles. The van der Waals surface area contributed by atoms with Gasteiger partial charge in [-0.15, -0.1) is 0 Å². The van der Waals surface area contributed by atoms with Crippen molar-refractivity contribution < 1.29 is 14.5 Å². The maximum Gasteiger partial charge on any atom is 0.415 e. The Bertz CT molecular complexity index is 490. The maximum atomic E-state index is 12.2. The molecular weight excluding hydrogens is 272 g/mol. The summed E-state index contributed by atoms with van der Waals surface area (Å²) in [7, 11) is 0. The Hall–Kier alpha value is -2.11.